The summed E-state index contributed by atoms with van der Waals surface area (Å²) in [5, 5.41) is 0. The molecule has 0 spiro atoms. The Bertz CT molecular complexity index is 408. The summed E-state index contributed by atoms with van der Waals surface area (Å²) in [7, 11) is 0. The van der Waals surface area contributed by atoms with E-state index >= 15 is 0 Å². The molecule has 0 aromatic rings. The molecule has 0 aromatic heterocycles. The molecule has 0 N–H and O–H groups in total. The molecular weight excluding hydrogens is 511 g/mol. The van der Waals surface area contributed by atoms with E-state index in [-0.39, 0.29) is 0 Å². The first-order valence-corrected chi connectivity index (χ1v) is 20.6. The summed E-state index contributed by atoms with van der Waals surface area (Å²) in [6.45, 7) is 0. The van der Waals surface area contributed by atoms with Gasteiger partial charge in [-0.1, -0.05) is 0 Å². The second-order valence-corrected chi connectivity index (χ2v) is 34.0. The van der Waals surface area contributed by atoms with E-state index in [0.29, 0.717) is 4.02 Å². The second-order valence-electron chi connectivity index (χ2n) is 3.91. The summed E-state index contributed by atoms with van der Waals surface area (Å²) < 4.78 is 24.1. The Morgan fingerprint density at radius 2 is 1.20 bits per heavy atom. The standard InChI is InChI=1S/2C3H6AsN2O.Hg/c2*1-4(2,7)3-6-5;/h2*1-2H3;. The van der Waals surface area contributed by atoms with E-state index in [2.05, 4.69) is 9.58 Å². The van der Waals surface area contributed by atoms with Crippen molar-refractivity contribution >= 4 is 31.0 Å². The van der Waals surface area contributed by atoms with Crippen molar-refractivity contribution in [3.05, 3.63) is 11.1 Å². The number of rotatable bonds is 4. The van der Waals surface area contributed by atoms with Crippen LogP contribution in [0.3, 0.4) is 0 Å². The predicted octanol–water partition coefficient (Wildman–Crippen LogP) is 0.675. The fourth-order valence-electron chi connectivity index (χ4n) is 0.808. The van der Waals surface area contributed by atoms with Gasteiger partial charge in [-0.05, 0) is 0 Å². The molecular formula is C6H12As2HgN4O2. The predicted molar refractivity (Wildman–Crippen MR) is 53.6 cm³/mol. The second kappa shape index (κ2) is 5.65. The maximum absolute atomic E-state index is 11.7. The Balaban J connectivity index is 5.23. The first kappa shape index (κ1) is 15.4. The Morgan fingerprint density at radius 3 is 1.33 bits per heavy atom. The van der Waals surface area contributed by atoms with Gasteiger partial charge in [-0.25, -0.2) is 0 Å². The van der Waals surface area contributed by atoms with Crippen molar-refractivity contribution in [2.45, 2.75) is 22.8 Å². The van der Waals surface area contributed by atoms with Crippen molar-refractivity contribution in [1.29, 1.82) is 0 Å². The van der Waals surface area contributed by atoms with Crippen molar-refractivity contribution < 1.29 is 41.6 Å². The monoisotopic (exact) mass is 524 g/mol. The average molecular weight is 523 g/mol. The van der Waals surface area contributed by atoms with E-state index < -0.39 is 51.6 Å². The normalized spacial score (nSPS) is 10.9. The molecule has 0 aliphatic carbocycles. The van der Waals surface area contributed by atoms with Crippen LogP contribution in [0.5, 0.6) is 0 Å². The van der Waals surface area contributed by atoms with E-state index in [1.807, 2.05) is 0 Å². The third-order valence-corrected chi connectivity index (χ3v) is 47.5. The fraction of sp³-hybridized carbons (Fsp3) is 0.667. The summed E-state index contributed by atoms with van der Waals surface area (Å²) in [4.78, 5) is 6.07. The molecule has 0 unspecified atom stereocenters. The van der Waals surface area contributed by atoms with E-state index in [1.54, 1.807) is 22.8 Å². The van der Waals surface area contributed by atoms with E-state index in [0.717, 1.165) is 0 Å². The van der Waals surface area contributed by atoms with Gasteiger partial charge in [0.15, 0.2) is 0 Å². The third-order valence-electron chi connectivity index (χ3n) is 1.79. The SMILES string of the molecule is C[As](C)(=O)[C](=[N+]=[N-])[Hg][C](=[N+]=[N-])[As](C)(C)=O. The van der Waals surface area contributed by atoms with E-state index in [1.165, 1.54) is 0 Å². The van der Waals surface area contributed by atoms with Gasteiger partial charge in [-0.2, -0.15) is 0 Å². The van der Waals surface area contributed by atoms with Crippen LogP contribution in [0.25, 0.3) is 11.1 Å². The van der Waals surface area contributed by atoms with Gasteiger partial charge in [0.05, 0.1) is 0 Å². The summed E-state index contributed by atoms with van der Waals surface area (Å²) in [6.07, 6.45) is 0. The zero-order valence-electron chi connectivity index (χ0n) is 9.21. The minimum absolute atomic E-state index is 0.297. The topological polar surface area (TPSA) is 107 Å². The first-order chi connectivity index (χ1) is 6.62. The molecule has 0 rings (SSSR count). The van der Waals surface area contributed by atoms with Gasteiger partial charge in [-0.3, -0.25) is 0 Å². The molecule has 0 saturated heterocycles. The van der Waals surface area contributed by atoms with Crippen LogP contribution in [0.1, 0.15) is 0 Å². The van der Waals surface area contributed by atoms with E-state index in [4.69, 9.17) is 11.1 Å². The molecule has 0 fully saturated rings. The molecule has 15 heavy (non-hydrogen) atoms. The van der Waals surface area contributed by atoms with Crippen molar-refractivity contribution in [2.24, 2.45) is 0 Å². The van der Waals surface area contributed by atoms with Crippen LogP contribution in [-0.4, -0.2) is 40.6 Å². The Kier molecular flexibility index (Phi) is 5.81. The molecule has 0 bridgehead atoms. The Hall–Kier alpha value is 0.412. The summed E-state index contributed by atoms with van der Waals surface area (Å²) >= 11 is -8.72. The van der Waals surface area contributed by atoms with Gasteiger partial charge in [0.25, 0.3) is 0 Å². The molecule has 0 amide bonds. The van der Waals surface area contributed by atoms with Gasteiger partial charge in [0.2, 0.25) is 0 Å². The molecule has 0 atom stereocenters. The van der Waals surface area contributed by atoms with Crippen LogP contribution in [0.2, 0.25) is 22.8 Å². The van der Waals surface area contributed by atoms with Gasteiger partial charge in [0, 0.05) is 0 Å². The van der Waals surface area contributed by atoms with Gasteiger partial charge < -0.3 is 0 Å². The number of nitrogens with zero attached hydrogens (tertiary/aromatic N) is 4. The zero-order chi connectivity index (χ0) is 12.3. The Morgan fingerprint density at radius 1 is 0.933 bits per heavy atom. The average Bonchev–Trinajstić information content (AvgIpc) is 2.01. The summed E-state index contributed by atoms with van der Waals surface area (Å²) in [5.41, 5.74) is 23.7. The van der Waals surface area contributed by atoms with E-state index in [9.17, 15) is 7.48 Å². The van der Waals surface area contributed by atoms with Crippen molar-refractivity contribution in [3.63, 3.8) is 0 Å². The van der Waals surface area contributed by atoms with Crippen molar-refractivity contribution in [1.82, 2.24) is 0 Å². The number of hydrogen-bond acceptors (Lipinski definition) is 2. The van der Waals surface area contributed by atoms with Gasteiger partial charge in [-0.15, -0.1) is 0 Å². The molecule has 6 nitrogen and oxygen atoms in total. The van der Waals surface area contributed by atoms with Gasteiger partial charge >= 0.3 is 107 Å². The first-order valence-electron chi connectivity index (χ1n) is 4.16. The molecule has 0 aliphatic heterocycles. The van der Waals surface area contributed by atoms with Gasteiger partial charge in [0.1, 0.15) is 0 Å². The zero-order valence-corrected chi connectivity index (χ0v) is 18.5. The van der Waals surface area contributed by atoms with Crippen LogP contribution in [0.15, 0.2) is 0 Å². The minimum atomic E-state index is -3.23. The maximum atomic E-state index is 11.7. The molecule has 0 saturated carbocycles. The third kappa shape index (κ3) is 5.33. The quantitative estimate of drug-likeness (QED) is 0.234. The molecule has 0 heterocycles. The summed E-state index contributed by atoms with van der Waals surface area (Å²) in [6, 6.07) is 0. The number of hydrogen-bond donors (Lipinski definition) is 0. The van der Waals surface area contributed by atoms with Crippen LogP contribution >= 0.6 is 0 Å². The molecule has 9 heteroatoms. The van der Waals surface area contributed by atoms with Crippen molar-refractivity contribution in [3.8, 4) is 0 Å². The van der Waals surface area contributed by atoms with Crippen LogP contribution in [-0.2, 0) is 32.1 Å². The van der Waals surface area contributed by atoms with Crippen LogP contribution in [0, 0.1) is 0 Å². The molecule has 0 aliphatic rings. The van der Waals surface area contributed by atoms with Crippen molar-refractivity contribution in [2.75, 3.05) is 0 Å². The molecule has 0 radical (unpaired) electrons. The van der Waals surface area contributed by atoms with Crippen LogP contribution in [0.4, 0.5) is 0 Å². The fourth-order valence-corrected chi connectivity index (χ4v) is 31.0. The molecule has 80 valence electrons. The Labute approximate surface area is 105 Å². The van der Waals surface area contributed by atoms with Crippen LogP contribution < -0.4 is 0 Å². The molecule has 0 aromatic carbocycles. The summed E-state index contributed by atoms with van der Waals surface area (Å²) in [5.74, 6) is 0.